The van der Waals surface area contributed by atoms with Crippen molar-refractivity contribution in [2.24, 2.45) is 5.41 Å². The highest BCUT2D eigenvalue weighted by Crippen LogP contribution is 2.34. The fourth-order valence-electron chi connectivity index (χ4n) is 2.09. The number of hydrogen-bond acceptors (Lipinski definition) is 2. The Bertz CT molecular complexity index is 487. The monoisotopic (exact) mass is 278 g/mol. The van der Waals surface area contributed by atoms with Gasteiger partial charge in [0.1, 0.15) is 5.75 Å². The first kappa shape index (κ1) is 16.5. The highest BCUT2D eigenvalue weighted by Gasteiger charge is 2.29. The molecule has 3 heteroatoms. The summed E-state index contributed by atoms with van der Waals surface area (Å²) in [6, 6.07) is 6.10. The quantitative estimate of drug-likeness (QED) is 0.854. The minimum Gasteiger partial charge on any atom is -0.496 e. The highest BCUT2D eigenvalue weighted by molar-refractivity contribution is 5.74. The second-order valence-electron chi connectivity index (χ2n) is 6.63. The number of aliphatic carboxylic acids is 1. The summed E-state index contributed by atoms with van der Waals surface area (Å²) in [6.07, 6.45) is 1.49. The average Bonchev–Trinajstić information content (AvgIpc) is 2.38. The largest absolute Gasteiger partial charge is 0.496 e. The van der Waals surface area contributed by atoms with E-state index in [4.69, 9.17) is 4.74 Å². The highest BCUT2D eigenvalue weighted by atomic mass is 16.5. The summed E-state index contributed by atoms with van der Waals surface area (Å²) in [4.78, 5) is 11.3. The second-order valence-corrected chi connectivity index (χ2v) is 6.63. The number of carboxylic acid groups (broad SMARTS) is 1. The summed E-state index contributed by atoms with van der Waals surface area (Å²) in [6.45, 7) is 10.0. The van der Waals surface area contributed by atoms with E-state index in [1.807, 2.05) is 6.07 Å². The van der Waals surface area contributed by atoms with Crippen LogP contribution in [0.4, 0.5) is 0 Å². The van der Waals surface area contributed by atoms with Gasteiger partial charge >= 0.3 is 5.97 Å². The van der Waals surface area contributed by atoms with Gasteiger partial charge in [0.25, 0.3) is 0 Å². The first-order chi connectivity index (χ1) is 9.14. The Morgan fingerprint density at radius 3 is 2.30 bits per heavy atom. The molecule has 112 valence electrons. The Morgan fingerprint density at radius 2 is 1.85 bits per heavy atom. The van der Waals surface area contributed by atoms with Crippen LogP contribution in [0.2, 0.25) is 0 Å². The van der Waals surface area contributed by atoms with E-state index in [1.54, 1.807) is 21.0 Å². The molecule has 0 unspecified atom stereocenters. The van der Waals surface area contributed by atoms with Gasteiger partial charge < -0.3 is 9.84 Å². The van der Waals surface area contributed by atoms with Gasteiger partial charge in [-0.15, -0.1) is 0 Å². The molecule has 0 aromatic heterocycles. The molecule has 0 bridgehead atoms. The van der Waals surface area contributed by atoms with Gasteiger partial charge in [0.05, 0.1) is 12.5 Å². The van der Waals surface area contributed by atoms with Crippen LogP contribution in [0.3, 0.4) is 0 Å². The molecule has 0 radical (unpaired) electrons. The van der Waals surface area contributed by atoms with Crippen molar-refractivity contribution in [1.29, 1.82) is 0 Å². The second kappa shape index (κ2) is 5.86. The van der Waals surface area contributed by atoms with Gasteiger partial charge in [-0.3, -0.25) is 4.79 Å². The number of ether oxygens (including phenoxy) is 1. The normalized spacial score (nSPS) is 12.3. The van der Waals surface area contributed by atoms with E-state index in [-0.39, 0.29) is 5.41 Å². The first-order valence-electron chi connectivity index (χ1n) is 7.05. The maximum Gasteiger partial charge on any atom is 0.309 e. The molecule has 0 fully saturated rings. The minimum absolute atomic E-state index is 0.0778. The van der Waals surface area contributed by atoms with Crippen LogP contribution in [0.25, 0.3) is 0 Å². The number of benzene rings is 1. The lowest BCUT2D eigenvalue weighted by Crippen LogP contribution is -2.26. The third-order valence-corrected chi connectivity index (χ3v) is 4.16. The molecule has 1 rings (SSSR count). The Morgan fingerprint density at radius 1 is 1.25 bits per heavy atom. The van der Waals surface area contributed by atoms with Gasteiger partial charge in [-0.2, -0.15) is 0 Å². The van der Waals surface area contributed by atoms with Gasteiger partial charge in [-0.25, -0.2) is 0 Å². The van der Waals surface area contributed by atoms with Gasteiger partial charge in [-0.1, -0.05) is 32.9 Å². The van der Waals surface area contributed by atoms with Crippen LogP contribution in [0.1, 0.15) is 52.2 Å². The summed E-state index contributed by atoms with van der Waals surface area (Å²) >= 11 is 0. The lowest BCUT2D eigenvalue weighted by Gasteiger charge is -2.26. The van der Waals surface area contributed by atoms with Crippen molar-refractivity contribution in [2.75, 3.05) is 7.11 Å². The van der Waals surface area contributed by atoms with Gasteiger partial charge in [-0.05, 0) is 49.3 Å². The van der Waals surface area contributed by atoms with E-state index in [0.717, 1.165) is 17.7 Å². The standard InChI is InChI=1S/C17H26O3/c1-7-16(2,3)13-8-9-14(20-6)12(10-13)11-17(4,5)15(18)19/h8-10H,7,11H2,1-6H3,(H,18,19). The molecule has 20 heavy (non-hydrogen) atoms. The lowest BCUT2D eigenvalue weighted by molar-refractivity contribution is -0.146. The van der Waals surface area contributed by atoms with Gasteiger partial charge in [0.2, 0.25) is 0 Å². The Labute approximate surface area is 122 Å². The Balaban J connectivity index is 3.23. The predicted octanol–water partition coefficient (Wildman–Crippen LogP) is 4.04. The molecule has 1 aromatic carbocycles. The minimum atomic E-state index is -0.803. The number of rotatable bonds is 6. The SMILES string of the molecule is CCC(C)(C)c1ccc(OC)c(CC(C)(C)C(=O)O)c1. The van der Waals surface area contributed by atoms with Crippen molar-refractivity contribution >= 4 is 5.97 Å². The summed E-state index contributed by atoms with van der Waals surface area (Å²) in [5, 5.41) is 9.30. The zero-order valence-electron chi connectivity index (χ0n) is 13.4. The number of carboxylic acids is 1. The zero-order valence-corrected chi connectivity index (χ0v) is 13.4. The van der Waals surface area contributed by atoms with Crippen LogP contribution in [-0.4, -0.2) is 18.2 Å². The zero-order chi connectivity index (χ0) is 15.6. The van der Waals surface area contributed by atoms with E-state index in [2.05, 4.69) is 32.9 Å². The molecule has 0 aliphatic rings. The maximum atomic E-state index is 11.3. The Kier molecular flexibility index (Phi) is 4.85. The molecule has 0 heterocycles. The molecular weight excluding hydrogens is 252 g/mol. The number of hydrogen-bond donors (Lipinski definition) is 1. The molecule has 0 spiro atoms. The molecule has 1 aromatic rings. The van der Waals surface area contributed by atoms with Crippen LogP contribution < -0.4 is 4.74 Å². The summed E-state index contributed by atoms with van der Waals surface area (Å²) in [5.74, 6) is -0.0327. The molecule has 3 nitrogen and oxygen atoms in total. The molecule has 0 saturated carbocycles. The van der Waals surface area contributed by atoms with Crippen molar-refractivity contribution in [3.63, 3.8) is 0 Å². The van der Waals surface area contributed by atoms with Gasteiger partial charge in [0.15, 0.2) is 0 Å². The maximum absolute atomic E-state index is 11.3. The fourth-order valence-corrected chi connectivity index (χ4v) is 2.09. The smallest absolute Gasteiger partial charge is 0.309 e. The van der Waals surface area contributed by atoms with Crippen molar-refractivity contribution in [2.45, 2.75) is 52.9 Å². The number of methoxy groups -OCH3 is 1. The Hall–Kier alpha value is -1.51. The van der Waals surface area contributed by atoms with Crippen molar-refractivity contribution in [3.05, 3.63) is 29.3 Å². The summed E-state index contributed by atoms with van der Waals surface area (Å²) < 4.78 is 5.38. The third-order valence-electron chi connectivity index (χ3n) is 4.16. The van der Waals surface area contributed by atoms with Crippen LogP contribution in [-0.2, 0) is 16.6 Å². The molecule has 1 N–H and O–H groups in total. The topological polar surface area (TPSA) is 46.5 Å². The first-order valence-corrected chi connectivity index (χ1v) is 7.05. The lowest BCUT2D eigenvalue weighted by atomic mass is 9.79. The molecular formula is C17H26O3. The molecule has 0 aliphatic carbocycles. The fraction of sp³-hybridized carbons (Fsp3) is 0.588. The average molecular weight is 278 g/mol. The predicted molar refractivity (Wildman–Crippen MR) is 81.4 cm³/mol. The van der Waals surface area contributed by atoms with E-state index < -0.39 is 11.4 Å². The van der Waals surface area contributed by atoms with E-state index >= 15 is 0 Å². The summed E-state index contributed by atoms with van der Waals surface area (Å²) in [7, 11) is 1.62. The van der Waals surface area contributed by atoms with Crippen LogP contribution in [0.15, 0.2) is 18.2 Å². The molecule has 0 saturated heterocycles. The third kappa shape index (κ3) is 3.53. The number of carbonyl (C=O) groups is 1. The van der Waals surface area contributed by atoms with E-state index in [0.29, 0.717) is 6.42 Å². The van der Waals surface area contributed by atoms with Crippen LogP contribution in [0.5, 0.6) is 5.75 Å². The van der Waals surface area contributed by atoms with E-state index in [9.17, 15) is 9.90 Å². The van der Waals surface area contributed by atoms with E-state index in [1.165, 1.54) is 5.56 Å². The van der Waals surface area contributed by atoms with Crippen molar-refractivity contribution < 1.29 is 14.6 Å². The van der Waals surface area contributed by atoms with Crippen LogP contribution in [0, 0.1) is 5.41 Å². The van der Waals surface area contributed by atoms with Crippen molar-refractivity contribution in [1.82, 2.24) is 0 Å². The van der Waals surface area contributed by atoms with Crippen molar-refractivity contribution in [3.8, 4) is 5.75 Å². The molecule has 0 atom stereocenters. The molecule has 0 amide bonds. The van der Waals surface area contributed by atoms with Crippen LogP contribution >= 0.6 is 0 Å². The summed E-state index contributed by atoms with van der Waals surface area (Å²) in [5.41, 5.74) is 1.45. The van der Waals surface area contributed by atoms with Gasteiger partial charge in [0, 0.05) is 0 Å². The molecule has 0 aliphatic heterocycles.